The van der Waals surface area contributed by atoms with Crippen LogP contribution in [-0.2, 0) is 22.8 Å². The van der Waals surface area contributed by atoms with Gasteiger partial charge in [0.05, 0.1) is 13.2 Å². The van der Waals surface area contributed by atoms with E-state index in [0.29, 0.717) is 6.10 Å². The van der Waals surface area contributed by atoms with Crippen LogP contribution in [0, 0.1) is 0 Å². The minimum absolute atomic E-state index is 0.373. The van der Waals surface area contributed by atoms with Crippen LogP contribution in [0.4, 0.5) is 0 Å². The molecule has 162 valence electrons. The Hall–Kier alpha value is 0.0169. The van der Waals surface area contributed by atoms with Crippen LogP contribution in [0.15, 0.2) is 0 Å². The number of ether oxygens (including phenoxy) is 2. The maximum atomic E-state index is 6.30. The number of rotatable bonds is 21. The lowest BCUT2D eigenvalue weighted by Gasteiger charge is -2.30. The molecular weight excluding hydrogens is 360 g/mol. The van der Waals surface area contributed by atoms with Crippen LogP contribution < -0.4 is 0 Å². The second-order valence-corrected chi connectivity index (χ2v) is 10.2. The molecule has 0 saturated carbocycles. The SMILES string of the molecule is CCCCO[Si](CCCCCCOCC1CO1)(OCCCC)OCCCC. The number of hydrogen-bond acceptors (Lipinski definition) is 5. The summed E-state index contributed by atoms with van der Waals surface area (Å²) >= 11 is 0. The molecular formula is C21H44O5Si. The van der Waals surface area contributed by atoms with Crippen molar-refractivity contribution in [3.05, 3.63) is 0 Å². The fraction of sp³-hybridized carbons (Fsp3) is 1.00. The van der Waals surface area contributed by atoms with Crippen LogP contribution in [0.3, 0.4) is 0 Å². The Morgan fingerprint density at radius 1 is 0.704 bits per heavy atom. The van der Waals surface area contributed by atoms with Crippen molar-refractivity contribution in [1.82, 2.24) is 0 Å². The zero-order valence-electron chi connectivity index (χ0n) is 18.1. The van der Waals surface area contributed by atoms with Gasteiger partial charge in [-0.05, 0) is 32.1 Å². The molecule has 1 aliphatic rings. The van der Waals surface area contributed by atoms with Gasteiger partial charge in [-0.2, -0.15) is 0 Å². The van der Waals surface area contributed by atoms with Crippen LogP contribution in [0.5, 0.6) is 0 Å². The van der Waals surface area contributed by atoms with Crippen molar-refractivity contribution in [2.75, 3.05) is 39.6 Å². The van der Waals surface area contributed by atoms with E-state index in [1.165, 1.54) is 12.8 Å². The first-order valence-corrected chi connectivity index (χ1v) is 13.3. The largest absolute Gasteiger partial charge is 0.500 e. The van der Waals surface area contributed by atoms with Gasteiger partial charge in [-0.1, -0.05) is 52.9 Å². The summed E-state index contributed by atoms with van der Waals surface area (Å²) < 4.78 is 29.7. The average molecular weight is 405 g/mol. The van der Waals surface area contributed by atoms with Gasteiger partial charge in [0.15, 0.2) is 0 Å². The van der Waals surface area contributed by atoms with E-state index in [2.05, 4.69) is 20.8 Å². The van der Waals surface area contributed by atoms with Crippen LogP contribution in [-0.4, -0.2) is 54.5 Å². The highest BCUT2D eigenvalue weighted by Crippen LogP contribution is 2.22. The molecule has 0 amide bonds. The Kier molecular flexibility index (Phi) is 15.7. The standard InChI is InChI=1S/C21H44O5Si/c1-4-7-15-24-27(25-16-8-5-2,26-17-9-6-3)18-13-11-10-12-14-22-19-21-20-23-21/h21H,4-20H2,1-3H3. The molecule has 0 N–H and O–H groups in total. The summed E-state index contributed by atoms with van der Waals surface area (Å²) in [5.74, 6) is 0. The van der Waals surface area contributed by atoms with Gasteiger partial charge in [0.1, 0.15) is 6.10 Å². The van der Waals surface area contributed by atoms with Crippen molar-refractivity contribution in [3.8, 4) is 0 Å². The fourth-order valence-electron chi connectivity index (χ4n) is 2.74. The molecule has 1 fully saturated rings. The van der Waals surface area contributed by atoms with E-state index in [0.717, 1.165) is 97.1 Å². The van der Waals surface area contributed by atoms with Gasteiger partial charge in [-0.3, -0.25) is 0 Å². The van der Waals surface area contributed by atoms with Gasteiger partial charge in [0.25, 0.3) is 0 Å². The first kappa shape index (κ1) is 25.1. The summed E-state index contributed by atoms with van der Waals surface area (Å²) in [6, 6.07) is 0.945. The monoisotopic (exact) mass is 404 g/mol. The van der Waals surface area contributed by atoms with Gasteiger partial charge in [0, 0.05) is 32.5 Å². The van der Waals surface area contributed by atoms with Crippen LogP contribution in [0.1, 0.15) is 85.0 Å². The molecule has 1 heterocycles. The number of unbranched alkanes of at least 4 members (excludes halogenated alkanes) is 6. The highest BCUT2D eigenvalue weighted by Gasteiger charge is 2.40. The molecule has 6 heteroatoms. The average Bonchev–Trinajstić information content (AvgIpc) is 3.49. The summed E-state index contributed by atoms with van der Waals surface area (Å²) in [6.07, 6.45) is 11.6. The topological polar surface area (TPSA) is 49.5 Å². The van der Waals surface area contributed by atoms with Crippen LogP contribution in [0.2, 0.25) is 6.04 Å². The molecule has 0 aromatic rings. The predicted octanol–water partition coefficient (Wildman–Crippen LogP) is 5.35. The minimum Gasteiger partial charge on any atom is -0.379 e. The number of epoxide rings is 1. The molecule has 1 atom stereocenters. The van der Waals surface area contributed by atoms with E-state index < -0.39 is 8.80 Å². The highest BCUT2D eigenvalue weighted by atomic mass is 28.4. The summed E-state index contributed by atoms with van der Waals surface area (Å²) in [5, 5.41) is 0. The van der Waals surface area contributed by atoms with Crippen LogP contribution in [0.25, 0.3) is 0 Å². The second-order valence-electron chi connectivity index (χ2n) is 7.48. The molecule has 0 aromatic heterocycles. The lowest BCUT2D eigenvalue weighted by Crippen LogP contribution is -2.46. The lowest BCUT2D eigenvalue weighted by molar-refractivity contribution is 0.0556. The number of hydrogen-bond donors (Lipinski definition) is 0. The van der Waals surface area contributed by atoms with Crippen molar-refractivity contribution < 1.29 is 22.8 Å². The smallest absolute Gasteiger partial charge is 0.379 e. The lowest BCUT2D eigenvalue weighted by atomic mass is 10.2. The normalized spacial score (nSPS) is 16.8. The summed E-state index contributed by atoms with van der Waals surface area (Å²) in [7, 11) is -2.54. The van der Waals surface area contributed by atoms with Crippen molar-refractivity contribution in [3.63, 3.8) is 0 Å². The highest BCUT2D eigenvalue weighted by molar-refractivity contribution is 6.60. The summed E-state index contributed by atoms with van der Waals surface area (Å²) in [6.45, 7) is 11.3. The van der Waals surface area contributed by atoms with Gasteiger partial charge in [-0.25, -0.2) is 0 Å². The first-order chi connectivity index (χ1) is 13.3. The van der Waals surface area contributed by atoms with Gasteiger partial charge in [0.2, 0.25) is 0 Å². The maximum Gasteiger partial charge on any atom is 0.500 e. The molecule has 0 bridgehead atoms. The summed E-state index contributed by atoms with van der Waals surface area (Å²) in [5.41, 5.74) is 0. The third-order valence-electron chi connectivity index (χ3n) is 4.69. The second kappa shape index (κ2) is 16.9. The minimum atomic E-state index is -2.54. The fourth-order valence-corrected chi connectivity index (χ4v) is 5.47. The molecule has 0 aromatic carbocycles. The van der Waals surface area contributed by atoms with E-state index in [4.69, 9.17) is 22.8 Å². The van der Waals surface area contributed by atoms with Crippen molar-refractivity contribution in [1.29, 1.82) is 0 Å². The zero-order valence-corrected chi connectivity index (χ0v) is 19.1. The van der Waals surface area contributed by atoms with Crippen LogP contribution >= 0.6 is 0 Å². The van der Waals surface area contributed by atoms with Gasteiger partial charge in [-0.15, -0.1) is 0 Å². The quantitative estimate of drug-likeness (QED) is 0.147. The van der Waals surface area contributed by atoms with E-state index in [9.17, 15) is 0 Å². The molecule has 0 aliphatic carbocycles. The summed E-state index contributed by atoms with van der Waals surface area (Å²) in [4.78, 5) is 0. The third kappa shape index (κ3) is 13.8. The van der Waals surface area contributed by atoms with Crippen molar-refractivity contribution >= 4 is 8.80 Å². The molecule has 1 aliphatic heterocycles. The molecule has 1 saturated heterocycles. The Bertz CT molecular complexity index is 299. The molecule has 1 unspecified atom stereocenters. The van der Waals surface area contributed by atoms with E-state index in [1.807, 2.05) is 0 Å². The Balaban J connectivity index is 2.31. The molecule has 0 spiro atoms. The Morgan fingerprint density at radius 3 is 1.70 bits per heavy atom. The van der Waals surface area contributed by atoms with E-state index in [-0.39, 0.29) is 0 Å². The van der Waals surface area contributed by atoms with Crippen molar-refractivity contribution in [2.45, 2.75) is 97.1 Å². The molecule has 0 radical (unpaired) electrons. The molecule has 27 heavy (non-hydrogen) atoms. The molecule has 1 rings (SSSR count). The van der Waals surface area contributed by atoms with E-state index >= 15 is 0 Å². The molecule has 5 nitrogen and oxygen atoms in total. The van der Waals surface area contributed by atoms with Gasteiger partial charge >= 0.3 is 8.80 Å². The third-order valence-corrected chi connectivity index (χ3v) is 7.59. The maximum absolute atomic E-state index is 6.30. The van der Waals surface area contributed by atoms with Gasteiger partial charge < -0.3 is 22.8 Å². The zero-order chi connectivity index (χ0) is 19.6. The van der Waals surface area contributed by atoms with Crippen molar-refractivity contribution in [2.24, 2.45) is 0 Å². The Labute approximate surface area is 168 Å². The Morgan fingerprint density at radius 2 is 1.22 bits per heavy atom. The predicted molar refractivity (Wildman–Crippen MR) is 112 cm³/mol. The first-order valence-electron chi connectivity index (χ1n) is 11.4. The van der Waals surface area contributed by atoms with E-state index in [1.54, 1.807) is 0 Å².